The largest absolute Gasteiger partial charge is 0.497 e. The molecule has 0 aliphatic heterocycles. The molecule has 0 saturated carbocycles. The van der Waals surface area contributed by atoms with Crippen LogP contribution in [0.4, 0.5) is 5.69 Å². The van der Waals surface area contributed by atoms with Crippen molar-refractivity contribution in [2.75, 3.05) is 38.8 Å². The van der Waals surface area contributed by atoms with E-state index in [1.807, 2.05) is 18.2 Å². The fourth-order valence-electron chi connectivity index (χ4n) is 2.49. The number of nitrogens with zero attached hydrogens (tertiary/aromatic N) is 1. The summed E-state index contributed by atoms with van der Waals surface area (Å²) in [6.07, 6.45) is 0. The van der Waals surface area contributed by atoms with Gasteiger partial charge < -0.3 is 24.4 Å². The van der Waals surface area contributed by atoms with Crippen LogP contribution in [0, 0.1) is 0 Å². The number of amides is 2. The summed E-state index contributed by atoms with van der Waals surface area (Å²) in [7, 11) is 3.11. The number of carbonyl (C=O) groups excluding carboxylic acids is 2. The lowest BCUT2D eigenvalue weighted by Crippen LogP contribution is -2.39. The third-order valence-electron chi connectivity index (χ3n) is 3.83. The van der Waals surface area contributed by atoms with Gasteiger partial charge in [0.2, 0.25) is 5.91 Å². The van der Waals surface area contributed by atoms with E-state index in [0.29, 0.717) is 36.0 Å². The molecule has 0 spiro atoms. The Hall–Kier alpha value is -3.22. The summed E-state index contributed by atoms with van der Waals surface area (Å²) in [5.41, 5.74) is 0.710. The normalized spacial score (nSPS) is 10.0. The highest BCUT2D eigenvalue weighted by Gasteiger charge is 2.13. The second kappa shape index (κ2) is 10.1. The molecule has 2 aromatic carbocycles. The van der Waals surface area contributed by atoms with Crippen LogP contribution in [0.3, 0.4) is 0 Å². The summed E-state index contributed by atoms with van der Waals surface area (Å²) in [6, 6.07) is 14.3. The Morgan fingerprint density at radius 3 is 2.41 bits per heavy atom. The van der Waals surface area contributed by atoms with Crippen molar-refractivity contribution in [3.63, 3.8) is 0 Å². The molecular formula is C20H24N2O5. The van der Waals surface area contributed by atoms with Crippen molar-refractivity contribution in [2.24, 2.45) is 0 Å². The molecule has 2 rings (SSSR count). The molecule has 0 aromatic heterocycles. The molecular weight excluding hydrogens is 348 g/mol. The average Bonchev–Trinajstić information content (AvgIpc) is 2.69. The molecule has 7 nitrogen and oxygen atoms in total. The first-order valence-corrected chi connectivity index (χ1v) is 8.50. The molecule has 0 unspecified atom stereocenters. The average molecular weight is 372 g/mol. The van der Waals surface area contributed by atoms with Crippen LogP contribution >= 0.6 is 0 Å². The van der Waals surface area contributed by atoms with Crippen molar-refractivity contribution in [1.82, 2.24) is 5.32 Å². The fourth-order valence-corrected chi connectivity index (χ4v) is 2.49. The quantitative estimate of drug-likeness (QED) is 0.731. The first-order chi connectivity index (χ1) is 13.0. The predicted molar refractivity (Wildman–Crippen MR) is 103 cm³/mol. The monoisotopic (exact) mass is 372 g/mol. The highest BCUT2D eigenvalue weighted by Crippen LogP contribution is 2.25. The molecule has 0 atom stereocenters. The zero-order chi connectivity index (χ0) is 19.6. The molecule has 144 valence electrons. The maximum atomic E-state index is 12.0. The maximum Gasteiger partial charge on any atom is 0.258 e. The maximum absolute atomic E-state index is 12.0. The number of rotatable bonds is 9. The summed E-state index contributed by atoms with van der Waals surface area (Å²) in [5, 5.41) is 2.74. The van der Waals surface area contributed by atoms with Gasteiger partial charge in [0.1, 0.15) is 5.75 Å². The number of carbonyl (C=O) groups is 2. The first kappa shape index (κ1) is 20.1. The minimum absolute atomic E-state index is 0.122. The molecule has 0 bridgehead atoms. The molecule has 1 N–H and O–H groups in total. The summed E-state index contributed by atoms with van der Waals surface area (Å²) in [6.45, 7) is 1.97. The molecule has 0 aliphatic rings. The smallest absolute Gasteiger partial charge is 0.258 e. The fraction of sp³-hybridized carbons (Fsp3) is 0.300. The van der Waals surface area contributed by atoms with Crippen LogP contribution in [-0.4, -0.2) is 45.7 Å². The molecule has 2 amide bonds. The lowest BCUT2D eigenvalue weighted by Gasteiger charge is -2.22. The van der Waals surface area contributed by atoms with Gasteiger partial charge in [0.25, 0.3) is 5.91 Å². The first-order valence-electron chi connectivity index (χ1n) is 8.50. The molecule has 27 heavy (non-hydrogen) atoms. The van der Waals surface area contributed by atoms with E-state index in [2.05, 4.69) is 5.32 Å². The number of para-hydroxylation sites is 2. The SMILES string of the molecule is COc1cccc(N(CCNC(=O)COc2ccccc2OC)C(C)=O)c1. The van der Waals surface area contributed by atoms with E-state index in [9.17, 15) is 9.59 Å². The molecule has 7 heteroatoms. The minimum atomic E-state index is -0.282. The van der Waals surface area contributed by atoms with Crippen molar-refractivity contribution >= 4 is 17.5 Å². The van der Waals surface area contributed by atoms with Gasteiger partial charge in [-0.1, -0.05) is 18.2 Å². The Bertz CT molecular complexity index is 778. The molecule has 0 radical (unpaired) electrons. The van der Waals surface area contributed by atoms with Gasteiger partial charge in [-0.25, -0.2) is 0 Å². The lowest BCUT2D eigenvalue weighted by molar-refractivity contribution is -0.123. The van der Waals surface area contributed by atoms with Gasteiger partial charge in [-0.3, -0.25) is 9.59 Å². The second-order valence-electron chi connectivity index (χ2n) is 5.66. The van der Waals surface area contributed by atoms with E-state index in [1.54, 1.807) is 42.3 Å². The van der Waals surface area contributed by atoms with E-state index in [4.69, 9.17) is 14.2 Å². The lowest BCUT2D eigenvalue weighted by atomic mass is 10.2. The van der Waals surface area contributed by atoms with Crippen LogP contribution in [0.5, 0.6) is 17.2 Å². The van der Waals surface area contributed by atoms with Gasteiger partial charge in [-0.05, 0) is 24.3 Å². The molecule has 0 saturated heterocycles. The van der Waals surface area contributed by atoms with Crippen molar-refractivity contribution in [2.45, 2.75) is 6.92 Å². The number of hydrogen-bond donors (Lipinski definition) is 1. The van der Waals surface area contributed by atoms with Gasteiger partial charge in [-0.15, -0.1) is 0 Å². The Kier molecular flexibility index (Phi) is 7.49. The zero-order valence-electron chi connectivity index (χ0n) is 15.7. The zero-order valence-corrected chi connectivity index (χ0v) is 15.7. The van der Waals surface area contributed by atoms with Crippen molar-refractivity contribution in [3.8, 4) is 17.2 Å². The van der Waals surface area contributed by atoms with E-state index >= 15 is 0 Å². The van der Waals surface area contributed by atoms with Crippen LogP contribution in [0.25, 0.3) is 0 Å². The van der Waals surface area contributed by atoms with E-state index in [1.165, 1.54) is 14.0 Å². The summed E-state index contributed by atoms with van der Waals surface area (Å²) in [5.74, 6) is 1.31. The molecule has 0 heterocycles. The van der Waals surface area contributed by atoms with Crippen LogP contribution in [-0.2, 0) is 9.59 Å². The Labute approximate surface area is 158 Å². The van der Waals surface area contributed by atoms with Crippen LogP contribution in [0.1, 0.15) is 6.92 Å². The van der Waals surface area contributed by atoms with Gasteiger partial charge in [-0.2, -0.15) is 0 Å². The van der Waals surface area contributed by atoms with Crippen LogP contribution < -0.4 is 24.4 Å². The van der Waals surface area contributed by atoms with Gasteiger partial charge >= 0.3 is 0 Å². The minimum Gasteiger partial charge on any atom is -0.497 e. The summed E-state index contributed by atoms with van der Waals surface area (Å²) in [4.78, 5) is 25.5. The second-order valence-corrected chi connectivity index (χ2v) is 5.66. The standard InChI is InChI=1S/C20H24N2O5/c1-15(23)22(16-7-6-8-17(13-16)25-2)12-11-21-20(24)14-27-19-10-5-4-9-18(19)26-3/h4-10,13H,11-12,14H2,1-3H3,(H,21,24). The number of hydrogen-bond acceptors (Lipinski definition) is 5. The van der Waals surface area contributed by atoms with Crippen LogP contribution in [0.2, 0.25) is 0 Å². The molecule has 2 aromatic rings. The van der Waals surface area contributed by atoms with Crippen molar-refractivity contribution in [3.05, 3.63) is 48.5 Å². The van der Waals surface area contributed by atoms with E-state index in [0.717, 1.165) is 0 Å². The third-order valence-corrected chi connectivity index (χ3v) is 3.83. The Balaban J connectivity index is 1.85. The van der Waals surface area contributed by atoms with Crippen molar-refractivity contribution < 1.29 is 23.8 Å². The third kappa shape index (κ3) is 5.91. The number of anilines is 1. The van der Waals surface area contributed by atoms with Gasteiger partial charge in [0.05, 0.1) is 14.2 Å². The predicted octanol–water partition coefficient (Wildman–Crippen LogP) is 2.25. The summed E-state index contributed by atoms with van der Waals surface area (Å²) >= 11 is 0. The topological polar surface area (TPSA) is 77.1 Å². The number of nitrogens with one attached hydrogen (secondary N) is 1. The van der Waals surface area contributed by atoms with E-state index < -0.39 is 0 Å². The van der Waals surface area contributed by atoms with Crippen molar-refractivity contribution in [1.29, 1.82) is 0 Å². The summed E-state index contributed by atoms with van der Waals surface area (Å²) < 4.78 is 15.8. The Morgan fingerprint density at radius 2 is 1.74 bits per heavy atom. The highest BCUT2D eigenvalue weighted by atomic mass is 16.5. The Morgan fingerprint density at radius 1 is 1.00 bits per heavy atom. The van der Waals surface area contributed by atoms with Crippen LogP contribution in [0.15, 0.2) is 48.5 Å². The number of ether oxygens (including phenoxy) is 3. The van der Waals surface area contributed by atoms with Gasteiger partial charge in [0.15, 0.2) is 18.1 Å². The number of methoxy groups -OCH3 is 2. The van der Waals surface area contributed by atoms with E-state index in [-0.39, 0.29) is 18.4 Å². The van der Waals surface area contributed by atoms with Gasteiger partial charge in [0, 0.05) is 31.8 Å². The number of benzene rings is 2. The molecule has 0 aliphatic carbocycles. The molecule has 0 fully saturated rings. The highest BCUT2D eigenvalue weighted by molar-refractivity contribution is 5.91.